The molecule has 2 aliphatic heterocycles. The van der Waals surface area contributed by atoms with Crippen molar-refractivity contribution in [3.8, 4) is 0 Å². The van der Waals surface area contributed by atoms with Gasteiger partial charge in [0.15, 0.2) is 0 Å². The van der Waals surface area contributed by atoms with Crippen LogP contribution in [-0.2, 0) is 11.3 Å². The molecule has 0 radical (unpaired) electrons. The van der Waals surface area contributed by atoms with E-state index in [9.17, 15) is 4.79 Å². The molecule has 5 heteroatoms. The van der Waals surface area contributed by atoms with Gasteiger partial charge in [0.1, 0.15) is 5.58 Å². The number of rotatable bonds is 2. The van der Waals surface area contributed by atoms with Gasteiger partial charge in [-0.05, 0) is 49.6 Å². The monoisotopic (exact) mass is 328 g/mol. The Kier molecular flexibility index (Phi) is 3.95. The van der Waals surface area contributed by atoms with Crippen LogP contribution in [0.4, 0.5) is 0 Å². The molecule has 0 aliphatic carbocycles. The van der Waals surface area contributed by atoms with Gasteiger partial charge >= 0.3 is 5.63 Å². The van der Waals surface area contributed by atoms with Gasteiger partial charge in [0.2, 0.25) is 0 Å². The molecule has 0 saturated carbocycles. The third-order valence-electron chi connectivity index (χ3n) is 5.19. The third-order valence-corrected chi connectivity index (χ3v) is 5.19. The van der Waals surface area contributed by atoms with Crippen LogP contribution in [0.15, 0.2) is 27.4 Å². The van der Waals surface area contributed by atoms with Crippen LogP contribution in [0.2, 0.25) is 0 Å². The lowest BCUT2D eigenvalue weighted by Gasteiger charge is -2.40. The van der Waals surface area contributed by atoms with Crippen molar-refractivity contribution in [2.45, 2.75) is 32.4 Å². The van der Waals surface area contributed by atoms with E-state index >= 15 is 0 Å². The van der Waals surface area contributed by atoms with E-state index in [1.165, 1.54) is 5.56 Å². The SMILES string of the molecule is Cc1cc(C)c2oc(=O)cc(CN3CCOC4(CCNC4)C3)c2c1. The Labute approximate surface area is 141 Å². The maximum absolute atomic E-state index is 12.0. The van der Waals surface area contributed by atoms with Gasteiger partial charge in [-0.1, -0.05) is 6.07 Å². The van der Waals surface area contributed by atoms with Crippen molar-refractivity contribution in [3.63, 3.8) is 0 Å². The van der Waals surface area contributed by atoms with Crippen LogP contribution >= 0.6 is 0 Å². The fourth-order valence-electron chi connectivity index (χ4n) is 4.09. The maximum Gasteiger partial charge on any atom is 0.336 e. The minimum Gasteiger partial charge on any atom is -0.422 e. The molecule has 1 atom stereocenters. The fraction of sp³-hybridized carbons (Fsp3) is 0.526. The van der Waals surface area contributed by atoms with Gasteiger partial charge in [-0.25, -0.2) is 4.79 Å². The third kappa shape index (κ3) is 2.88. The molecule has 2 aliphatic rings. The summed E-state index contributed by atoms with van der Waals surface area (Å²) in [6, 6.07) is 5.83. The first-order chi connectivity index (χ1) is 11.5. The molecule has 2 fully saturated rings. The Morgan fingerprint density at radius 1 is 1.29 bits per heavy atom. The average molecular weight is 328 g/mol. The molecule has 1 spiro atoms. The molecule has 0 amide bonds. The molecule has 2 saturated heterocycles. The van der Waals surface area contributed by atoms with Gasteiger partial charge in [0, 0.05) is 37.6 Å². The highest BCUT2D eigenvalue weighted by Crippen LogP contribution is 2.28. The highest BCUT2D eigenvalue weighted by atomic mass is 16.5. The number of nitrogens with one attached hydrogen (secondary N) is 1. The number of aryl methyl sites for hydroxylation is 2. The van der Waals surface area contributed by atoms with E-state index in [1.807, 2.05) is 6.92 Å². The van der Waals surface area contributed by atoms with E-state index in [0.29, 0.717) is 5.58 Å². The van der Waals surface area contributed by atoms with E-state index in [4.69, 9.17) is 9.15 Å². The van der Waals surface area contributed by atoms with Gasteiger partial charge in [0.25, 0.3) is 0 Å². The van der Waals surface area contributed by atoms with Crippen LogP contribution < -0.4 is 10.9 Å². The fourth-order valence-corrected chi connectivity index (χ4v) is 4.09. The number of nitrogens with zero attached hydrogens (tertiary/aromatic N) is 1. The predicted octanol–water partition coefficient (Wildman–Crippen LogP) is 1.97. The predicted molar refractivity (Wildman–Crippen MR) is 93.4 cm³/mol. The molecule has 3 heterocycles. The molecular formula is C19H24N2O3. The lowest BCUT2D eigenvalue weighted by molar-refractivity contribution is -0.0983. The topological polar surface area (TPSA) is 54.7 Å². The Morgan fingerprint density at radius 2 is 2.17 bits per heavy atom. The van der Waals surface area contributed by atoms with Gasteiger partial charge in [0.05, 0.1) is 12.2 Å². The van der Waals surface area contributed by atoms with Crippen molar-refractivity contribution in [2.75, 3.05) is 32.8 Å². The number of benzene rings is 1. The zero-order valence-electron chi connectivity index (χ0n) is 14.4. The van der Waals surface area contributed by atoms with Crippen molar-refractivity contribution < 1.29 is 9.15 Å². The number of ether oxygens (including phenoxy) is 1. The number of fused-ring (bicyclic) bond motifs is 1. The zero-order valence-corrected chi connectivity index (χ0v) is 14.4. The smallest absolute Gasteiger partial charge is 0.336 e. The second kappa shape index (κ2) is 5.99. The second-order valence-electron chi connectivity index (χ2n) is 7.22. The quantitative estimate of drug-likeness (QED) is 0.854. The van der Waals surface area contributed by atoms with Crippen LogP contribution in [0, 0.1) is 13.8 Å². The minimum absolute atomic E-state index is 0.0562. The van der Waals surface area contributed by atoms with Gasteiger partial charge in [-0.15, -0.1) is 0 Å². The van der Waals surface area contributed by atoms with E-state index in [-0.39, 0.29) is 11.2 Å². The highest BCUT2D eigenvalue weighted by Gasteiger charge is 2.39. The first kappa shape index (κ1) is 15.8. The molecule has 5 nitrogen and oxygen atoms in total. The first-order valence-electron chi connectivity index (χ1n) is 8.66. The van der Waals surface area contributed by atoms with Crippen LogP contribution in [0.5, 0.6) is 0 Å². The van der Waals surface area contributed by atoms with Crippen molar-refractivity contribution >= 4 is 11.0 Å². The molecule has 24 heavy (non-hydrogen) atoms. The van der Waals surface area contributed by atoms with Crippen molar-refractivity contribution in [1.82, 2.24) is 10.2 Å². The van der Waals surface area contributed by atoms with Crippen LogP contribution in [0.1, 0.15) is 23.1 Å². The normalized spacial score (nSPS) is 24.9. The molecule has 4 rings (SSSR count). The molecule has 2 aromatic rings. The zero-order chi connectivity index (χ0) is 16.7. The summed E-state index contributed by atoms with van der Waals surface area (Å²) in [4.78, 5) is 14.4. The summed E-state index contributed by atoms with van der Waals surface area (Å²) < 4.78 is 11.5. The Morgan fingerprint density at radius 3 is 2.96 bits per heavy atom. The molecule has 0 bridgehead atoms. The van der Waals surface area contributed by atoms with Crippen molar-refractivity contribution in [3.05, 3.63) is 45.3 Å². The summed E-state index contributed by atoms with van der Waals surface area (Å²) in [6.45, 7) is 9.32. The standard InChI is InChI=1S/C19H24N2O3/c1-13-7-14(2)18-16(8-13)15(9-17(22)24-18)10-21-5-6-23-19(12-21)3-4-20-11-19/h7-9,20H,3-6,10-12H2,1-2H3. The lowest BCUT2D eigenvalue weighted by Crippen LogP contribution is -2.52. The average Bonchev–Trinajstić information content (AvgIpc) is 2.96. The highest BCUT2D eigenvalue weighted by molar-refractivity contribution is 5.83. The maximum atomic E-state index is 12.0. The van der Waals surface area contributed by atoms with Crippen LogP contribution in [0.3, 0.4) is 0 Å². The Balaban J connectivity index is 1.68. The summed E-state index contributed by atoms with van der Waals surface area (Å²) in [5.41, 5.74) is 3.65. The summed E-state index contributed by atoms with van der Waals surface area (Å²) >= 11 is 0. The summed E-state index contributed by atoms with van der Waals surface area (Å²) in [7, 11) is 0. The molecule has 1 N–H and O–H groups in total. The summed E-state index contributed by atoms with van der Waals surface area (Å²) in [5.74, 6) is 0. The van der Waals surface area contributed by atoms with Crippen LogP contribution in [0.25, 0.3) is 11.0 Å². The minimum atomic E-state index is -0.269. The molecule has 1 unspecified atom stereocenters. The largest absolute Gasteiger partial charge is 0.422 e. The van der Waals surface area contributed by atoms with E-state index in [1.54, 1.807) is 6.07 Å². The van der Waals surface area contributed by atoms with E-state index < -0.39 is 0 Å². The number of hydrogen-bond acceptors (Lipinski definition) is 5. The summed E-state index contributed by atoms with van der Waals surface area (Å²) in [5, 5.41) is 4.46. The second-order valence-corrected chi connectivity index (χ2v) is 7.22. The van der Waals surface area contributed by atoms with Crippen LogP contribution in [-0.4, -0.2) is 43.3 Å². The molecule has 1 aromatic carbocycles. The van der Waals surface area contributed by atoms with E-state index in [2.05, 4.69) is 29.3 Å². The molecule has 128 valence electrons. The number of hydrogen-bond donors (Lipinski definition) is 1. The molecule has 1 aromatic heterocycles. The lowest BCUT2D eigenvalue weighted by atomic mass is 9.99. The van der Waals surface area contributed by atoms with Gasteiger partial charge in [-0.3, -0.25) is 4.90 Å². The number of morpholine rings is 1. The Hall–Kier alpha value is -1.69. The van der Waals surface area contributed by atoms with Crippen molar-refractivity contribution in [1.29, 1.82) is 0 Å². The first-order valence-corrected chi connectivity index (χ1v) is 8.66. The van der Waals surface area contributed by atoms with Crippen molar-refractivity contribution in [2.24, 2.45) is 0 Å². The van der Waals surface area contributed by atoms with E-state index in [0.717, 1.165) is 62.3 Å². The van der Waals surface area contributed by atoms with Gasteiger partial charge in [-0.2, -0.15) is 0 Å². The van der Waals surface area contributed by atoms with Gasteiger partial charge < -0.3 is 14.5 Å². The molecular weight excluding hydrogens is 304 g/mol. The summed E-state index contributed by atoms with van der Waals surface area (Å²) in [6.07, 6.45) is 1.05. The Bertz CT molecular complexity index is 821.